The number of methoxy groups -OCH3 is 2. The van der Waals surface area contributed by atoms with Crippen LogP contribution in [0.2, 0.25) is 0 Å². The van der Waals surface area contributed by atoms with Crippen molar-refractivity contribution in [1.29, 1.82) is 0 Å². The summed E-state index contributed by atoms with van der Waals surface area (Å²) in [6, 6.07) is 0.0643. The predicted molar refractivity (Wildman–Crippen MR) is 160 cm³/mol. The minimum atomic E-state index is -1.83. The fraction of sp³-hybridized carbons (Fsp3) is 0.938. The van der Waals surface area contributed by atoms with Crippen LogP contribution in [-0.2, 0) is 33.3 Å². The summed E-state index contributed by atoms with van der Waals surface area (Å²) in [5, 5.41) is 22.6. The first kappa shape index (κ1) is 37.0. The van der Waals surface area contributed by atoms with Crippen molar-refractivity contribution in [1.82, 2.24) is 4.90 Å². The lowest BCUT2D eigenvalue weighted by Crippen LogP contribution is -2.58. The van der Waals surface area contributed by atoms with E-state index < -0.39 is 65.4 Å². The van der Waals surface area contributed by atoms with E-state index in [2.05, 4.69) is 4.90 Å². The van der Waals surface area contributed by atoms with Crippen LogP contribution >= 0.6 is 0 Å². The first-order valence-electron chi connectivity index (χ1n) is 15.5. The zero-order chi connectivity index (χ0) is 32.3. The molecule has 0 aromatic heterocycles. The third-order valence-corrected chi connectivity index (χ3v) is 9.83. The number of ketones is 1. The fourth-order valence-corrected chi connectivity index (χ4v) is 7.42. The van der Waals surface area contributed by atoms with Crippen molar-refractivity contribution in [3.05, 3.63) is 0 Å². The van der Waals surface area contributed by atoms with Gasteiger partial charge in [0.2, 0.25) is 0 Å². The lowest BCUT2D eigenvalue weighted by atomic mass is 9.69. The van der Waals surface area contributed by atoms with Crippen molar-refractivity contribution >= 4 is 11.8 Å². The maximum atomic E-state index is 13.7. The van der Waals surface area contributed by atoms with Crippen LogP contribution < -0.4 is 0 Å². The van der Waals surface area contributed by atoms with Gasteiger partial charge in [-0.15, -0.1) is 0 Å². The van der Waals surface area contributed by atoms with Gasteiger partial charge in [-0.1, -0.05) is 41.5 Å². The predicted octanol–water partition coefficient (Wildman–Crippen LogP) is 3.44. The van der Waals surface area contributed by atoms with Crippen molar-refractivity contribution in [3.8, 4) is 0 Å². The third-order valence-electron chi connectivity index (χ3n) is 9.83. The molecule has 12 unspecified atom stereocenters. The molecular formula is C32H59NO9. The molecule has 246 valence electrons. The van der Waals surface area contributed by atoms with Crippen molar-refractivity contribution in [2.75, 3.05) is 28.3 Å². The van der Waals surface area contributed by atoms with Gasteiger partial charge in [0, 0.05) is 38.0 Å². The van der Waals surface area contributed by atoms with Gasteiger partial charge in [0.25, 0.3) is 0 Å². The Morgan fingerprint density at radius 1 is 0.976 bits per heavy atom. The van der Waals surface area contributed by atoms with E-state index in [-0.39, 0.29) is 36.4 Å². The van der Waals surface area contributed by atoms with E-state index in [9.17, 15) is 19.8 Å². The van der Waals surface area contributed by atoms with E-state index in [1.807, 2.05) is 48.7 Å². The SMILES string of the molecule is CC[C@H]1OC(=O)C(C)C(OC)C(C)C(OC2OC(C)CC(N(C)C)C2OC)C(C)(C)CC(C)C(=O)C(C)C(O)C1(C)O. The Balaban J connectivity index is 2.62. The number of aliphatic hydroxyl groups is 2. The highest BCUT2D eigenvalue weighted by Gasteiger charge is 2.51. The average molecular weight is 602 g/mol. The minimum Gasteiger partial charge on any atom is -0.459 e. The molecule has 2 aliphatic rings. The number of likely N-dealkylation sites (N-methyl/N-ethyl adjacent to an activating group) is 1. The molecule has 10 heteroatoms. The number of hydrogen-bond donors (Lipinski definition) is 2. The van der Waals surface area contributed by atoms with E-state index in [0.717, 1.165) is 6.42 Å². The van der Waals surface area contributed by atoms with Crippen molar-refractivity contribution in [3.63, 3.8) is 0 Å². The van der Waals surface area contributed by atoms with Crippen molar-refractivity contribution in [2.24, 2.45) is 29.1 Å². The highest BCUT2D eigenvalue weighted by Crippen LogP contribution is 2.42. The van der Waals surface area contributed by atoms with E-state index in [4.69, 9.17) is 23.7 Å². The number of ether oxygens (including phenoxy) is 5. The van der Waals surface area contributed by atoms with Crippen molar-refractivity contribution < 1.29 is 43.5 Å². The number of aliphatic hydroxyl groups excluding tert-OH is 1. The molecule has 0 aromatic rings. The molecule has 13 atom stereocenters. The molecule has 0 saturated carbocycles. The van der Waals surface area contributed by atoms with Crippen LogP contribution in [0, 0.1) is 29.1 Å². The summed E-state index contributed by atoms with van der Waals surface area (Å²) in [5.74, 6) is -3.13. The topological polar surface area (TPSA) is 124 Å². The van der Waals surface area contributed by atoms with Gasteiger partial charge in [0.05, 0.1) is 30.3 Å². The molecule has 0 amide bonds. The summed E-state index contributed by atoms with van der Waals surface area (Å²) in [4.78, 5) is 29.3. The van der Waals surface area contributed by atoms with Crippen LogP contribution in [-0.4, -0.2) is 110 Å². The van der Waals surface area contributed by atoms with E-state index >= 15 is 0 Å². The van der Waals surface area contributed by atoms with Gasteiger partial charge in [-0.2, -0.15) is 0 Å². The second-order valence-electron chi connectivity index (χ2n) is 14.0. The molecule has 2 N–H and O–H groups in total. The summed E-state index contributed by atoms with van der Waals surface area (Å²) in [7, 11) is 7.24. The molecule has 2 aliphatic heterocycles. The Kier molecular flexibility index (Phi) is 13.0. The second-order valence-corrected chi connectivity index (χ2v) is 14.0. The molecule has 10 nitrogen and oxygen atoms in total. The summed E-state index contributed by atoms with van der Waals surface area (Å²) in [6.07, 6.45) is -3.23. The summed E-state index contributed by atoms with van der Waals surface area (Å²) >= 11 is 0. The zero-order valence-electron chi connectivity index (χ0n) is 28.2. The van der Waals surface area contributed by atoms with E-state index in [1.165, 1.54) is 6.92 Å². The van der Waals surface area contributed by atoms with Gasteiger partial charge in [0.1, 0.15) is 23.6 Å². The molecule has 2 rings (SSSR count). The van der Waals surface area contributed by atoms with E-state index in [0.29, 0.717) is 6.42 Å². The van der Waals surface area contributed by atoms with Gasteiger partial charge in [-0.05, 0) is 59.5 Å². The van der Waals surface area contributed by atoms with Crippen LogP contribution in [0.25, 0.3) is 0 Å². The maximum absolute atomic E-state index is 13.7. The van der Waals surface area contributed by atoms with Crippen LogP contribution in [0.1, 0.15) is 81.6 Å². The van der Waals surface area contributed by atoms with Crippen molar-refractivity contribution in [2.45, 2.75) is 136 Å². The van der Waals surface area contributed by atoms with E-state index in [1.54, 1.807) is 35.0 Å². The normalized spacial score (nSPS) is 44.5. The number of cyclic esters (lactones) is 1. The molecule has 0 aromatic carbocycles. The standard InChI is InChI=1S/C32H59NO9/c1-14-23-32(9,37)27(35)19(4)24(34)17(2)16-31(7,8)28(20(5)25(38-12)21(6)29(36)41-23)42-30-26(39-13)22(33(10)11)15-18(3)40-30/h17-23,25-28,30,35,37H,14-16H2,1-13H3/t17?,18?,19?,20?,21?,22?,23-,25?,26?,27?,28?,30?,32?/m1/s1. The highest BCUT2D eigenvalue weighted by molar-refractivity contribution is 5.83. The number of carbonyl (C=O) groups excluding carboxylic acids is 2. The number of nitrogens with zero attached hydrogens (tertiary/aromatic N) is 1. The van der Waals surface area contributed by atoms with Crippen LogP contribution in [0.3, 0.4) is 0 Å². The van der Waals surface area contributed by atoms with Gasteiger partial charge >= 0.3 is 5.97 Å². The monoisotopic (exact) mass is 601 g/mol. The Morgan fingerprint density at radius 3 is 2.05 bits per heavy atom. The lowest BCUT2D eigenvalue weighted by molar-refractivity contribution is -0.295. The summed E-state index contributed by atoms with van der Waals surface area (Å²) in [6.45, 7) is 16.5. The minimum absolute atomic E-state index is 0.0643. The zero-order valence-corrected chi connectivity index (χ0v) is 28.2. The largest absolute Gasteiger partial charge is 0.459 e. The summed E-state index contributed by atoms with van der Waals surface area (Å²) < 4.78 is 30.9. The molecule has 2 saturated heterocycles. The Labute approximate surface area is 253 Å². The molecule has 2 heterocycles. The molecule has 0 bridgehead atoms. The molecule has 42 heavy (non-hydrogen) atoms. The van der Waals surface area contributed by atoms with Crippen LogP contribution in [0.15, 0.2) is 0 Å². The Morgan fingerprint density at radius 2 is 1.55 bits per heavy atom. The maximum Gasteiger partial charge on any atom is 0.311 e. The molecule has 0 aliphatic carbocycles. The molecule has 0 radical (unpaired) electrons. The van der Waals surface area contributed by atoms with Gasteiger partial charge in [-0.25, -0.2) is 0 Å². The first-order chi connectivity index (χ1) is 19.3. The number of esters is 1. The van der Waals surface area contributed by atoms with Gasteiger partial charge in [-0.3, -0.25) is 9.59 Å². The molecule has 2 fully saturated rings. The average Bonchev–Trinajstić information content (AvgIpc) is 2.91. The van der Waals surface area contributed by atoms with Crippen LogP contribution in [0.4, 0.5) is 0 Å². The highest BCUT2D eigenvalue weighted by atomic mass is 16.7. The quantitative estimate of drug-likeness (QED) is 0.438. The Bertz CT molecular complexity index is 893. The first-order valence-corrected chi connectivity index (χ1v) is 15.5. The lowest BCUT2D eigenvalue weighted by Gasteiger charge is -2.48. The molecular weight excluding hydrogens is 542 g/mol. The fourth-order valence-electron chi connectivity index (χ4n) is 7.42. The summed E-state index contributed by atoms with van der Waals surface area (Å²) in [5.41, 5.74) is -2.43. The van der Waals surface area contributed by atoms with Crippen LogP contribution in [0.5, 0.6) is 0 Å². The second kappa shape index (κ2) is 14.8. The molecule has 0 spiro atoms. The number of hydrogen-bond acceptors (Lipinski definition) is 10. The smallest absolute Gasteiger partial charge is 0.311 e. The third kappa shape index (κ3) is 7.92. The number of rotatable bonds is 6. The van der Waals surface area contributed by atoms with Gasteiger partial charge < -0.3 is 38.8 Å². The Hall–Kier alpha value is -1.14. The number of carbonyl (C=O) groups is 2. The number of Topliss-reactive ketones (excluding diaryl/α,β-unsaturated/α-hetero) is 1. The van der Waals surface area contributed by atoms with Gasteiger partial charge in [0.15, 0.2) is 6.29 Å².